The summed E-state index contributed by atoms with van der Waals surface area (Å²) in [6, 6.07) is 8.07. The second-order valence-electron chi connectivity index (χ2n) is 3.00. The molecule has 1 heteroatoms. The minimum Gasteiger partial charge on any atom is -0.461 e. The van der Waals surface area contributed by atoms with Gasteiger partial charge < -0.3 is 4.42 Å². The maximum atomic E-state index is 5.49. The number of fused-ring (bicyclic) bond motifs is 1. The zero-order valence-corrected chi connectivity index (χ0v) is 7.50. The third kappa shape index (κ3) is 1.42. The highest BCUT2D eigenvalue weighted by Gasteiger charge is 1.99. The van der Waals surface area contributed by atoms with Crippen LogP contribution in [0.15, 0.2) is 41.0 Å². The lowest BCUT2D eigenvalue weighted by atomic mass is 10.1. The zero-order valence-electron chi connectivity index (χ0n) is 7.50. The van der Waals surface area contributed by atoms with Crippen LogP contribution in [0.2, 0.25) is 0 Å². The molecule has 1 aromatic carbocycles. The highest BCUT2D eigenvalue weighted by Crippen LogP contribution is 2.20. The molecule has 64 valence electrons. The monoisotopic (exact) mass is 170 g/mol. The summed E-state index contributed by atoms with van der Waals surface area (Å²) < 4.78 is 5.49. The van der Waals surface area contributed by atoms with E-state index in [2.05, 4.69) is 12.3 Å². The molecule has 0 bridgehead atoms. The third-order valence-corrected chi connectivity index (χ3v) is 1.94. The van der Waals surface area contributed by atoms with Crippen LogP contribution in [0.25, 0.3) is 17.0 Å². The molecule has 13 heavy (non-hydrogen) atoms. The van der Waals surface area contributed by atoms with Gasteiger partial charge in [-0.1, -0.05) is 18.7 Å². The first-order valence-corrected chi connectivity index (χ1v) is 4.15. The van der Waals surface area contributed by atoms with Gasteiger partial charge in [-0.3, -0.25) is 0 Å². The zero-order chi connectivity index (χ0) is 9.26. The summed E-state index contributed by atoms with van der Waals surface area (Å²) in [5.74, 6) is 0.940. The van der Waals surface area contributed by atoms with E-state index in [1.54, 1.807) is 0 Å². The van der Waals surface area contributed by atoms with Crippen molar-refractivity contribution in [1.82, 2.24) is 0 Å². The van der Waals surface area contributed by atoms with Crippen molar-refractivity contribution < 1.29 is 4.42 Å². The first-order chi connectivity index (χ1) is 6.29. The van der Waals surface area contributed by atoms with Gasteiger partial charge in [-0.05, 0) is 30.7 Å². The van der Waals surface area contributed by atoms with Crippen molar-refractivity contribution in [1.29, 1.82) is 0 Å². The van der Waals surface area contributed by atoms with Gasteiger partial charge >= 0.3 is 0 Å². The summed E-state index contributed by atoms with van der Waals surface area (Å²) in [6.07, 6.45) is 1.83. The Morgan fingerprint density at radius 1 is 1.38 bits per heavy atom. The van der Waals surface area contributed by atoms with Gasteiger partial charge in [0.1, 0.15) is 11.3 Å². The van der Waals surface area contributed by atoms with E-state index in [9.17, 15) is 0 Å². The first-order valence-electron chi connectivity index (χ1n) is 4.15. The number of aryl methyl sites for hydroxylation is 1. The van der Waals surface area contributed by atoms with E-state index in [-0.39, 0.29) is 0 Å². The fourth-order valence-electron chi connectivity index (χ4n) is 1.39. The average molecular weight is 170 g/mol. The minimum atomic E-state index is 0.918. The van der Waals surface area contributed by atoms with Crippen molar-refractivity contribution in [2.75, 3.05) is 0 Å². The fourth-order valence-corrected chi connectivity index (χ4v) is 1.39. The summed E-state index contributed by atoms with van der Waals surface area (Å²) >= 11 is 0. The quantitative estimate of drug-likeness (QED) is 0.596. The molecular weight excluding hydrogens is 160 g/mol. The van der Waals surface area contributed by atoms with Crippen LogP contribution in [0.3, 0.4) is 0 Å². The molecule has 1 nitrogen and oxygen atoms in total. The first kappa shape index (κ1) is 7.90. The molecule has 0 unspecified atom stereocenters. The van der Waals surface area contributed by atoms with E-state index < -0.39 is 0 Å². The number of rotatable bonds is 1. The summed E-state index contributed by atoms with van der Waals surface area (Å²) in [5.41, 5.74) is 4.72. The Labute approximate surface area is 77.0 Å². The molecule has 0 aliphatic heterocycles. The molecule has 0 saturated carbocycles. The van der Waals surface area contributed by atoms with Crippen LogP contribution in [0.4, 0.5) is 0 Å². The van der Waals surface area contributed by atoms with Crippen molar-refractivity contribution in [3.05, 3.63) is 47.9 Å². The van der Waals surface area contributed by atoms with Crippen molar-refractivity contribution in [3.63, 3.8) is 0 Å². The van der Waals surface area contributed by atoms with Gasteiger partial charge in [0.25, 0.3) is 0 Å². The largest absolute Gasteiger partial charge is 0.461 e. The molecule has 2 aromatic rings. The molecule has 0 radical (unpaired) electrons. The predicted octanol–water partition coefficient (Wildman–Crippen LogP) is 3.54. The van der Waals surface area contributed by atoms with Crippen LogP contribution in [-0.2, 0) is 0 Å². The molecule has 0 N–H and O–H groups in total. The summed E-state index contributed by atoms with van der Waals surface area (Å²) in [4.78, 5) is 0. The second-order valence-corrected chi connectivity index (χ2v) is 3.00. The molecule has 0 atom stereocenters. The van der Waals surface area contributed by atoms with E-state index >= 15 is 0 Å². The van der Waals surface area contributed by atoms with Gasteiger partial charge in [0, 0.05) is 5.39 Å². The van der Waals surface area contributed by atoms with Crippen molar-refractivity contribution in [2.45, 2.75) is 6.92 Å². The van der Waals surface area contributed by atoms with Gasteiger partial charge in [0.15, 0.2) is 0 Å². The molecule has 0 amide bonds. The number of hydrogen-bond donors (Lipinski definition) is 0. The molecule has 0 aliphatic carbocycles. The van der Waals surface area contributed by atoms with E-state index in [1.807, 2.05) is 37.3 Å². The number of hydrogen-bond acceptors (Lipinski definition) is 1. The maximum Gasteiger partial charge on any atom is 0.134 e. The Hall–Kier alpha value is -1.72. The Kier molecular flexibility index (Phi) is 1.80. The van der Waals surface area contributed by atoms with Gasteiger partial charge in [0.05, 0.1) is 0 Å². The van der Waals surface area contributed by atoms with E-state index in [4.69, 9.17) is 4.42 Å². The number of furan rings is 1. The van der Waals surface area contributed by atoms with Crippen LogP contribution in [0.1, 0.15) is 11.3 Å². The Morgan fingerprint density at radius 3 is 3.00 bits per heavy atom. The Balaban J connectivity index is 2.67. The topological polar surface area (TPSA) is 13.1 Å². The molecule has 0 aliphatic rings. The van der Waals surface area contributed by atoms with Gasteiger partial charge in [-0.15, -0.1) is 5.73 Å². The summed E-state index contributed by atoms with van der Waals surface area (Å²) in [5, 5.41) is 1.14. The molecular formula is C12H10O. The Bertz CT molecular complexity index is 485. The SMILES string of the molecule is C=C=Cc1ccc2cc(C)oc2c1. The highest BCUT2D eigenvalue weighted by molar-refractivity contribution is 5.80. The fraction of sp³-hybridized carbons (Fsp3) is 0.0833. The molecule has 2 rings (SSSR count). The van der Waals surface area contributed by atoms with Gasteiger partial charge in [-0.25, -0.2) is 0 Å². The van der Waals surface area contributed by atoms with E-state index in [0.717, 1.165) is 22.3 Å². The van der Waals surface area contributed by atoms with Crippen LogP contribution in [0, 0.1) is 6.92 Å². The normalized spacial score (nSPS) is 9.92. The predicted molar refractivity (Wildman–Crippen MR) is 54.6 cm³/mol. The average Bonchev–Trinajstić information content (AvgIpc) is 2.44. The van der Waals surface area contributed by atoms with Crippen LogP contribution >= 0.6 is 0 Å². The molecule has 0 fully saturated rings. The molecule has 1 aromatic heterocycles. The third-order valence-electron chi connectivity index (χ3n) is 1.94. The minimum absolute atomic E-state index is 0.918. The van der Waals surface area contributed by atoms with Crippen LogP contribution in [-0.4, -0.2) is 0 Å². The lowest BCUT2D eigenvalue weighted by Gasteiger charge is -1.90. The molecule has 0 saturated heterocycles. The maximum absolute atomic E-state index is 5.49. The van der Waals surface area contributed by atoms with Crippen molar-refractivity contribution in [2.24, 2.45) is 0 Å². The van der Waals surface area contributed by atoms with E-state index in [1.165, 1.54) is 0 Å². The van der Waals surface area contributed by atoms with Crippen LogP contribution in [0.5, 0.6) is 0 Å². The second kappa shape index (κ2) is 2.96. The lowest BCUT2D eigenvalue weighted by Crippen LogP contribution is -1.68. The number of benzene rings is 1. The standard InChI is InChI=1S/C12H10O/c1-3-4-10-5-6-11-7-9(2)13-12(11)8-10/h4-8H,1H2,2H3. The summed E-state index contributed by atoms with van der Waals surface area (Å²) in [7, 11) is 0. The van der Waals surface area contributed by atoms with Crippen molar-refractivity contribution >= 4 is 17.0 Å². The Morgan fingerprint density at radius 2 is 2.23 bits per heavy atom. The smallest absolute Gasteiger partial charge is 0.134 e. The highest BCUT2D eigenvalue weighted by atomic mass is 16.3. The summed E-state index contributed by atoms with van der Waals surface area (Å²) in [6.45, 7) is 5.48. The van der Waals surface area contributed by atoms with Gasteiger partial charge in [0.2, 0.25) is 0 Å². The van der Waals surface area contributed by atoms with Crippen LogP contribution < -0.4 is 0 Å². The van der Waals surface area contributed by atoms with Crippen molar-refractivity contribution in [3.8, 4) is 0 Å². The molecule has 0 spiro atoms. The molecule has 1 heterocycles. The van der Waals surface area contributed by atoms with E-state index in [0.29, 0.717) is 0 Å². The van der Waals surface area contributed by atoms with Gasteiger partial charge in [-0.2, -0.15) is 0 Å². The lowest BCUT2D eigenvalue weighted by molar-refractivity contribution is 0.578.